The highest BCUT2D eigenvalue weighted by Gasteiger charge is 2.25. The number of alkyl carbamates (subject to hydrolysis) is 1. The van der Waals surface area contributed by atoms with Crippen LogP contribution in [0.3, 0.4) is 0 Å². The number of phenols is 1. The fraction of sp³-hybridized carbons (Fsp3) is 0.286. The summed E-state index contributed by atoms with van der Waals surface area (Å²) in [6.07, 6.45) is -0.557. The molecule has 1 unspecified atom stereocenters. The van der Waals surface area contributed by atoms with Gasteiger partial charge in [0.15, 0.2) is 0 Å². The molecule has 0 fully saturated rings. The maximum atomic E-state index is 12.8. The molecule has 0 bridgehead atoms. The van der Waals surface area contributed by atoms with Gasteiger partial charge in [0.2, 0.25) is 5.91 Å². The number of carbonyl (C=O) groups is 3. The Labute approximate surface area is 168 Å². The fourth-order valence-electron chi connectivity index (χ4n) is 2.50. The second kappa shape index (κ2) is 9.09. The Morgan fingerprint density at radius 1 is 1.07 bits per heavy atom. The van der Waals surface area contributed by atoms with E-state index in [9.17, 15) is 19.5 Å². The van der Waals surface area contributed by atoms with Gasteiger partial charge in [-0.05, 0) is 44.5 Å². The van der Waals surface area contributed by atoms with E-state index in [1.807, 2.05) is 30.3 Å². The first-order valence-corrected chi connectivity index (χ1v) is 8.96. The topological polar surface area (TPSA) is 125 Å². The third-order valence-electron chi connectivity index (χ3n) is 3.79. The van der Waals surface area contributed by atoms with Crippen molar-refractivity contribution in [3.8, 4) is 5.75 Å². The maximum Gasteiger partial charge on any atom is 0.408 e. The van der Waals surface area contributed by atoms with Crippen molar-refractivity contribution in [1.29, 1.82) is 0 Å². The highest BCUT2D eigenvalue weighted by molar-refractivity contribution is 5.98. The van der Waals surface area contributed by atoms with Crippen molar-refractivity contribution in [2.75, 3.05) is 5.32 Å². The predicted molar refractivity (Wildman–Crippen MR) is 107 cm³/mol. The number of nitrogens with one attached hydrogen (secondary N) is 2. The largest absolute Gasteiger partial charge is 0.506 e. The highest BCUT2D eigenvalue weighted by atomic mass is 16.6. The number of aromatic hydroxyl groups is 1. The van der Waals surface area contributed by atoms with Crippen LogP contribution in [0.25, 0.3) is 0 Å². The van der Waals surface area contributed by atoms with E-state index in [1.54, 1.807) is 20.8 Å². The summed E-state index contributed by atoms with van der Waals surface area (Å²) in [5, 5.41) is 24.0. The Kier molecular flexibility index (Phi) is 6.82. The molecule has 0 aliphatic heterocycles. The van der Waals surface area contributed by atoms with Crippen molar-refractivity contribution in [2.24, 2.45) is 0 Å². The van der Waals surface area contributed by atoms with E-state index in [-0.39, 0.29) is 17.7 Å². The quantitative estimate of drug-likeness (QED) is 0.552. The number of hydrogen-bond donors (Lipinski definition) is 4. The lowest BCUT2D eigenvalue weighted by atomic mass is 10.1. The Morgan fingerprint density at radius 2 is 1.72 bits per heavy atom. The Hall–Kier alpha value is -3.55. The van der Waals surface area contributed by atoms with E-state index in [2.05, 4.69) is 10.6 Å². The van der Waals surface area contributed by atoms with Crippen molar-refractivity contribution < 1.29 is 29.3 Å². The SMILES string of the molecule is CC(C)(C)OC(=O)NC(Cc1ccccc1)C(=O)Nc1ccc(C(=O)O)cc1O. The second-order valence-electron chi connectivity index (χ2n) is 7.41. The fourth-order valence-corrected chi connectivity index (χ4v) is 2.50. The van der Waals surface area contributed by atoms with Gasteiger partial charge in [0.05, 0.1) is 11.3 Å². The molecule has 2 rings (SSSR count). The van der Waals surface area contributed by atoms with E-state index < -0.39 is 35.4 Å². The van der Waals surface area contributed by atoms with Gasteiger partial charge in [-0.25, -0.2) is 9.59 Å². The van der Waals surface area contributed by atoms with Crippen LogP contribution in [0.15, 0.2) is 48.5 Å². The highest BCUT2D eigenvalue weighted by Crippen LogP contribution is 2.24. The van der Waals surface area contributed by atoms with Crippen LogP contribution in [0, 0.1) is 0 Å². The van der Waals surface area contributed by atoms with Crippen LogP contribution in [-0.2, 0) is 16.0 Å². The van der Waals surface area contributed by atoms with Crippen molar-refractivity contribution in [2.45, 2.75) is 38.8 Å². The van der Waals surface area contributed by atoms with Gasteiger partial charge in [0.25, 0.3) is 0 Å². The van der Waals surface area contributed by atoms with Gasteiger partial charge in [-0.2, -0.15) is 0 Å². The number of hydrogen-bond acceptors (Lipinski definition) is 5. The van der Waals surface area contributed by atoms with E-state index in [4.69, 9.17) is 9.84 Å². The first-order chi connectivity index (χ1) is 13.5. The lowest BCUT2D eigenvalue weighted by Gasteiger charge is -2.23. The van der Waals surface area contributed by atoms with Gasteiger partial charge >= 0.3 is 12.1 Å². The van der Waals surface area contributed by atoms with Crippen LogP contribution in [0.1, 0.15) is 36.7 Å². The first kappa shape index (κ1) is 21.7. The molecule has 4 N–H and O–H groups in total. The normalized spacial score (nSPS) is 12.0. The molecule has 8 heteroatoms. The molecule has 0 heterocycles. The van der Waals surface area contributed by atoms with Gasteiger partial charge in [-0.1, -0.05) is 30.3 Å². The van der Waals surface area contributed by atoms with Gasteiger partial charge in [-0.3, -0.25) is 4.79 Å². The average molecular weight is 400 g/mol. The molecule has 0 saturated heterocycles. The molecule has 0 aliphatic carbocycles. The number of phenolic OH excluding ortho intramolecular Hbond substituents is 1. The molecule has 0 saturated carbocycles. The first-order valence-electron chi connectivity index (χ1n) is 8.96. The Bertz CT molecular complexity index is 890. The zero-order valence-corrected chi connectivity index (χ0v) is 16.4. The minimum atomic E-state index is -1.20. The molecule has 2 aromatic rings. The third-order valence-corrected chi connectivity index (χ3v) is 3.79. The smallest absolute Gasteiger partial charge is 0.408 e. The van der Waals surface area contributed by atoms with Crippen molar-refractivity contribution in [1.82, 2.24) is 5.32 Å². The second-order valence-corrected chi connectivity index (χ2v) is 7.41. The summed E-state index contributed by atoms with van der Waals surface area (Å²) in [6, 6.07) is 11.7. The van der Waals surface area contributed by atoms with Crippen molar-refractivity contribution in [3.63, 3.8) is 0 Å². The molecule has 0 spiro atoms. The summed E-state index contributed by atoms with van der Waals surface area (Å²) in [6.45, 7) is 5.13. The van der Waals surface area contributed by atoms with Crippen LogP contribution in [0.4, 0.5) is 10.5 Å². The number of aromatic carboxylic acids is 1. The summed E-state index contributed by atoms with van der Waals surface area (Å²) in [4.78, 5) is 35.9. The third kappa shape index (κ3) is 6.84. The number of rotatable bonds is 6. The van der Waals surface area contributed by atoms with Crippen molar-refractivity contribution in [3.05, 3.63) is 59.7 Å². The van der Waals surface area contributed by atoms with Crippen molar-refractivity contribution >= 4 is 23.7 Å². The number of benzene rings is 2. The van der Waals surface area contributed by atoms with Gasteiger partial charge in [-0.15, -0.1) is 0 Å². The van der Waals surface area contributed by atoms with E-state index in [1.165, 1.54) is 12.1 Å². The van der Waals surface area contributed by atoms with Crippen LogP contribution < -0.4 is 10.6 Å². The summed E-state index contributed by atoms with van der Waals surface area (Å²) in [5.74, 6) is -2.18. The maximum absolute atomic E-state index is 12.8. The van der Waals surface area contributed by atoms with Crippen LogP contribution in [0.2, 0.25) is 0 Å². The molecule has 0 aromatic heterocycles. The number of carboxylic acid groups (broad SMARTS) is 1. The summed E-state index contributed by atoms with van der Waals surface area (Å²) >= 11 is 0. The standard InChI is InChI=1S/C21H24N2O6/c1-21(2,3)29-20(28)23-16(11-13-7-5-4-6-8-13)18(25)22-15-10-9-14(19(26)27)12-17(15)24/h4-10,12,16,24H,11H2,1-3H3,(H,22,25)(H,23,28)(H,26,27). The lowest BCUT2D eigenvalue weighted by Crippen LogP contribution is -2.47. The number of ether oxygens (including phenoxy) is 1. The molecule has 29 heavy (non-hydrogen) atoms. The van der Waals surface area contributed by atoms with Crippen LogP contribution in [-0.4, -0.2) is 39.8 Å². The minimum absolute atomic E-state index is 0.0315. The molecular weight excluding hydrogens is 376 g/mol. The van der Waals surface area contributed by atoms with Gasteiger partial charge in [0, 0.05) is 6.42 Å². The molecule has 154 valence electrons. The molecule has 1 atom stereocenters. The molecule has 2 aromatic carbocycles. The number of carbonyl (C=O) groups excluding carboxylic acids is 2. The van der Waals surface area contributed by atoms with Gasteiger partial charge in [0.1, 0.15) is 17.4 Å². The zero-order valence-electron chi connectivity index (χ0n) is 16.4. The predicted octanol–water partition coefficient (Wildman–Crippen LogP) is 3.16. The monoisotopic (exact) mass is 400 g/mol. The summed E-state index contributed by atoms with van der Waals surface area (Å²) in [7, 11) is 0. The molecule has 0 radical (unpaired) electrons. The average Bonchev–Trinajstić information content (AvgIpc) is 2.62. The lowest BCUT2D eigenvalue weighted by molar-refractivity contribution is -0.118. The molecular formula is C21H24N2O6. The molecule has 0 aliphatic rings. The Balaban J connectivity index is 2.19. The summed E-state index contributed by atoms with van der Waals surface area (Å²) in [5.41, 5.74) is -0.00518. The van der Waals surface area contributed by atoms with E-state index in [0.29, 0.717) is 0 Å². The Morgan fingerprint density at radius 3 is 2.28 bits per heavy atom. The van der Waals surface area contributed by atoms with Crippen LogP contribution >= 0.6 is 0 Å². The zero-order chi connectivity index (χ0) is 21.6. The molecule has 8 nitrogen and oxygen atoms in total. The summed E-state index contributed by atoms with van der Waals surface area (Å²) < 4.78 is 5.23. The number of anilines is 1. The van der Waals surface area contributed by atoms with E-state index >= 15 is 0 Å². The number of amides is 2. The minimum Gasteiger partial charge on any atom is -0.506 e. The number of carboxylic acids is 1. The van der Waals surface area contributed by atoms with E-state index in [0.717, 1.165) is 11.6 Å². The van der Waals surface area contributed by atoms with Gasteiger partial charge < -0.3 is 25.6 Å². The molecule has 2 amide bonds. The van der Waals surface area contributed by atoms with Crippen LogP contribution in [0.5, 0.6) is 5.75 Å².